The van der Waals surface area contributed by atoms with Gasteiger partial charge in [0.2, 0.25) is 0 Å². The molecule has 2 rings (SSSR count). The van der Waals surface area contributed by atoms with Crippen LogP contribution in [0.5, 0.6) is 0 Å². The lowest BCUT2D eigenvalue weighted by Gasteiger charge is -2.16. The number of nitrogens with zero attached hydrogens (tertiary/aromatic N) is 1. The Morgan fingerprint density at radius 3 is 3.56 bits per heavy atom. The highest BCUT2D eigenvalue weighted by Crippen LogP contribution is 2.35. The van der Waals surface area contributed by atoms with Gasteiger partial charge in [0.25, 0.3) is 0 Å². The average Bonchev–Trinajstić information content (AvgIpc) is 2.33. The number of hydrogen-bond acceptors (Lipinski definition) is 2. The summed E-state index contributed by atoms with van der Waals surface area (Å²) in [7, 11) is 0. The van der Waals surface area contributed by atoms with Crippen LogP contribution in [0.15, 0.2) is 16.5 Å². The van der Waals surface area contributed by atoms with Gasteiger partial charge in [-0.1, -0.05) is 6.08 Å². The summed E-state index contributed by atoms with van der Waals surface area (Å²) in [6.07, 6.45) is 5.22. The number of fused-ring (bicyclic) bond motifs is 1. The molecule has 0 aliphatic carbocycles. The van der Waals surface area contributed by atoms with Crippen molar-refractivity contribution < 1.29 is 0 Å². The molecular weight excluding hydrogens is 130 g/mol. The van der Waals surface area contributed by atoms with Gasteiger partial charge in [-0.05, 0) is 11.8 Å². The molecule has 2 aliphatic heterocycles. The van der Waals surface area contributed by atoms with E-state index in [0.29, 0.717) is 11.2 Å². The summed E-state index contributed by atoms with van der Waals surface area (Å²) in [6.45, 7) is 3.04. The molecule has 2 heterocycles. The fourth-order valence-corrected chi connectivity index (χ4v) is 2.04. The van der Waals surface area contributed by atoms with Crippen molar-refractivity contribution in [2.75, 3.05) is 0 Å². The van der Waals surface area contributed by atoms with Crippen molar-refractivity contribution in [3.05, 3.63) is 18.0 Å². The molecule has 0 aromatic heterocycles. The van der Waals surface area contributed by atoms with E-state index >= 15 is 0 Å². The normalized spacial score (nSPS) is 39.1. The van der Waals surface area contributed by atoms with Crippen LogP contribution in [0.2, 0.25) is 0 Å². The minimum atomic E-state index is 0.500. The lowest BCUT2D eigenvalue weighted by Crippen LogP contribution is -2.15. The van der Waals surface area contributed by atoms with Gasteiger partial charge in [0.1, 0.15) is 6.54 Å². The third-order valence-electron chi connectivity index (χ3n) is 1.59. The van der Waals surface area contributed by atoms with Crippen molar-refractivity contribution in [3.63, 3.8) is 0 Å². The van der Waals surface area contributed by atoms with Crippen molar-refractivity contribution in [1.29, 1.82) is 0 Å². The number of hydrogen-bond donors (Lipinski definition) is 0. The van der Waals surface area contributed by atoms with Gasteiger partial charge in [0, 0.05) is 17.4 Å². The lowest BCUT2D eigenvalue weighted by atomic mass is 10.0. The van der Waals surface area contributed by atoms with Gasteiger partial charge < -0.3 is 0 Å². The highest BCUT2D eigenvalue weighted by atomic mass is 32.2. The van der Waals surface area contributed by atoms with Crippen LogP contribution in [0.25, 0.3) is 0 Å². The van der Waals surface area contributed by atoms with Gasteiger partial charge in [-0.2, -0.15) is 0 Å². The van der Waals surface area contributed by atoms with E-state index in [1.54, 1.807) is 0 Å². The predicted octanol–water partition coefficient (Wildman–Crippen LogP) is 1.74. The molecule has 0 fully saturated rings. The summed E-state index contributed by atoms with van der Waals surface area (Å²) < 4.78 is 0. The van der Waals surface area contributed by atoms with Crippen LogP contribution in [0.1, 0.15) is 6.42 Å². The summed E-state index contributed by atoms with van der Waals surface area (Å²) in [6, 6.07) is 0. The topological polar surface area (TPSA) is 12.4 Å². The Labute approximate surface area is 59.2 Å². The van der Waals surface area contributed by atoms with Crippen molar-refractivity contribution in [3.8, 4) is 0 Å². The van der Waals surface area contributed by atoms with E-state index < -0.39 is 0 Å². The maximum Gasteiger partial charge on any atom is 0.124 e. The van der Waals surface area contributed by atoms with Gasteiger partial charge in [-0.3, -0.25) is 4.99 Å². The predicted molar refractivity (Wildman–Crippen MR) is 40.4 cm³/mol. The van der Waals surface area contributed by atoms with Crippen LogP contribution < -0.4 is 0 Å². The summed E-state index contributed by atoms with van der Waals surface area (Å²) >= 11 is 1.89. The largest absolute Gasteiger partial charge is 0.285 e. The molecule has 0 aromatic rings. The van der Waals surface area contributed by atoms with E-state index in [2.05, 4.69) is 23.0 Å². The summed E-state index contributed by atoms with van der Waals surface area (Å²) in [5.41, 5.74) is 0. The van der Waals surface area contributed by atoms with Crippen LogP contribution in [0.3, 0.4) is 0 Å². The minimum Gasteiger partial charge on any atom is -0.285 e. The third-order valence-corrected chi connectivity index (χ3v) is 2.74. The zero-order chi connectivity index (χ0) is 6.10. The number of thioether (sulfide) groups is 1. The molecule has 0 saturated carbocycles. The molecule has 2 atom stereocenters. The molecule has 2 aliphatic rings. The molecule has 0 N–H and O–H groups in total. The Morgan fingerprint density at radius 1 is 1.67 bits per heavy atom. The summed E-state index contributed by atoms with van der Waals surface area (Å²) in [4.78, 5) is 3.98. The third kappa shape index (κ3) is 0.917. The second-order valence-electron chi connectivity index (χ2n) is 2.21. The first-order valence-corrected chi connectivity index (χ1v) is 4.00. The van der Waals surface area contributed by atoms with Crippen LogP contribution in [-0.4, -0.2) is 11.5 Å². The van der Waals surface area contributed by atoms with Gasteiger partial charge in [0.15, 0.2) is 0 Å². The van der Waals surface area contributed by atoms with E-state index in [0.717, 1.165) is 6.42 Å². The van der Waals surface area contributed by atoms with E-state index in [1.165, 1.54) is 0 Å². The maximum atomic E-state index is 3.98. The summed E-state index contributed by atoms with van der Waals surface area (Å²) in [5, 5.41) is 2.86. The van der Waals surface area contributed by atoms with Crippen LogP contribution in [0.4, 0.5) is 0 Å². The Morgan fingerprint density at radius 2 is 2.67 bits per heavy atom. The average molecular weight is 137 g/mol. The van der Waals surface area contributed by atoms with Gasteiger partial charge >= 0.3 is 0 Å². The molecule has 0 saturated heterocycles. The molecule has 1 nitrogen and oxygen atoms in total. The van der Waals surface area contributed by atoms with Crippen LogP contribution in [-0.2, 0) is 0 Å². The fourth-order valence-electron chi connectivity index (χ4n) is 1.06. The summed E-state index contributed by atoms with van der Waals surface area (Å²) in [5.74, 6) is 0.500. The molecule has 2 heteroatoms. The highest BCUT2D eigenvalue weighted by molar-refractivity contribution is 8.03. The Balaban J connectivity index is 2.13. The van der Waals surface area contributed by atoms with Gasteiger partial charge in [-0.25, -0.2) is 0 Å². The van der Waals surface area contributed by atoms with E-state index in [4.69, 9.17) is 0 Å². The first kappa shape index (κ1) is 5.54. The Bertz CT molecular complexity index is 162. The monoisotopic (exact) mass is 137 g/mol. The Kier molecular flexibility index (Phi) is 1.34. The molecule has 2 unspecified atom stereocenters. The molecule has 0 spiro atoms. The van der Waals surface area contributed by atoms with E-state index in [1.807, 2.05) is 18.0 Å². The van der Waals surface area contributed by atoms with Crippen LogP contribution in [0, 0.1) is 12.5 Å². The minimum absolute atomic E-state index is 0.500. The molecule has 0 bridgehead atoms. The van der Waals surface area contributed by atoms with E-state index in [9.17, 15) is 0 Å². The molecule has 46 valence electrons. The number of aliphatic imine (C=N–C) groups is 1. The first-order valence-electron chi connectivity index (χ1n) is 3.06. The second kappa shape index (κ2) is 2.18. The standard InChI is InChI=1S/C7H7NS/c1-3-8-5-6-2-4-9-7(1)6/h2-4,6-7H,1H2. The van der Waals surface area contributed by atoms with Gasteiger partial charge in [0.05, 0.1) is 0 Å². The smallest absolute Gasteiger partial charge is 0.124 e. The molecule has 2 radical (unpaired) electrons. The zero-order valence-electron chi connectivity index (χ0n) is 4.95. The molecule has 9 heavy (non-hydrogen) atoms. The zero-order valence-corrected chi connectivity index (χ0v) is 5.77. The molecule has 0 aromatic carbocycles. The lowest BCUT2D eigenvalue weighted by molar-refractivity contribution is 0.696. The quantitative estimate of drug-likeness (QED) is 0.495. The second-order valence-corrected chi connectivity index (χ2v) is 3.36. The fraction of sp³-hybridized carbons (Fsp3) is 0.429. The molecule has 0 amide bonds. The maximum absolute atomic E-state index is 3.98. The number of rotatable bonds is 0. The SMILES string of the molecule is [C]1N=CCC2SC=CC12. The highest BCUT2D eigenvalue weighted by Gasteiger charge is 2.25. The first-order chi connectivity index (χ1) is 4.47. The van der Waals surface area contributed by atoms with Crippen molar-refractivity contribution in [2.24, 2.45) is 10.9 Å². The van der Waals surface area contributed by atoms with Crippen molar-refractivity contribution in [2.45, 2.75) is 11.7 Å². The molecular formula is C7H7NS. The van der Waals surface area contributed by atoms with Crippen LogP contribution >= 0.6 is 11.8 Å². The van der Waals surface area contributed by atoms with E-state index in [-0.39, 0.29) is 0 Å². The Hall–Kier alpha value is -0.240. The van der Waals surface area contributed by atoms with Gasteiger partial charge in [-0.15, -0.1) is 11.8 Å². The van der Waals surface area contributed by atoms with Crippen molar-refractivity contribution in [1.82, 2.24) is 0 Å². The van der Waals surface area contributed by atoms with Crippen molar-refractivity contribution >= 4 is 18.0 Å².